The van der Waals surface area contributed by atoms with Crippen molar-refractivity contribution in [3.63, 3.8) is 0 Å². The van der Waals surface area contributed by atoms with Crippen molar-refractivity contribution in [1.29, 1.82) is 0 Å². The molecule has 1 spiro atoms. The Labute approximate surface area is 379 Å². The lowest BCUT2D eigenvalue weighted by Gasteiger charge is -2.30. The predicted molar refractivity (Wildman–Crippen MR) is 246 cm³/mol. The molecule has 2 aromatic carbocycles. The van der Waals surface area contributed by atoms with Crippen LogP contribution in [0.1, 0.15) is 114 Å². The smallest absolute Gasteiger partial charge is 0.407 e. The number of methoxy groups -OCH3 is 2. The molecule has 5 aromatic rings. The number of benzene rings is 2. The molecule has 65 heavy (non-hydrogen) atoms. The molecule has 15 heteroatoms. The van der Waals surface area contributed by atoms with E-state index in [0.29, 0.717) is 24.6 Å². The summed E-state index contributed by atoms with van der Waals surface area (Å²) in [5.41, 5.74) is 10.8. The maximum absolute atomic E-state index is 13.8. The number of imidazole rings is 2. The molecule has 0 unspecified atom stereocenters. The van der Waals surface area contributed by atoms with Crippen LogP contribution in [0.3, 0.4) is 0 Å². The molecule has 4 N–H and O–H groups in total. The third-order valence-electron chi connectivity index (χ3n) is 14.4. The fourth-order valence-electron chi connectivity index (χ4n) is 11.0. The number of amides is 4. The van der Waals surface area contributed by atoms with Crippen LogP contribution in [-0.4, -0.2) is 98.1 Å². The molecule has 2 aliphatic carbocycles. The fraction of sp³-hybridized carbons (Fsp3) is 0.500. The first kappa shape index (κ1) is 44.0. The summed E-state index contributed by atoms with van der Waals surface area (Å²) in [6, 6.07) is 15.4. The Hall–Kier alpha value is -6.25. The second-order valence-corrected chi connectivity index (χ2v) is 19.2. The number of H-pyrrole nitrogens is 2. The molecule has 4 atom stereocenters. The maximum Gasteiger partial charge on any atom is 0.407 e. The van der Waals surface area contributed by atoms with E-state index < -0.39 is 24.3 Å². The molecule has 5 heterocycles. The van der Waals surface area contributed by atoms with Crippen molar-refractivity contribution < 1.29 is 28.7 Å². The summed E-state index contributed by atoms with van der Waals surface area (Å²) in [5.74, 6) is 0.949. The van der Waals surface area contributed by atoms with E-state index >= 15 is 0 Å². The van der Waals surface area contributed by atoms with Gasteiger partial charge in [0.1, 0.15) is 29.2 Å². The molecule has 342 valence electrons. The molecule has 4 aliphatic rings. The fourth-order valence-corrected chi connectivity index (χ4v) is 11.0. The van der Waals surface area contributed by atoms with Gasteiger partial charge in [0.15, 0.2) is 5.65 Å². The second-order valence-electron chi connectivity index (χ2n) is 19.2. The van der Waals surface area contributed by atoms with E-state index in [1.165, 1.54) is 56.6 Å². The molecule has 15 nitrogen and oxygen atoms in total. The molecule has 3 aromatic heterocycles. The van der Waals surface area contributed by atoms with Gasteiger partial charge in [-0.15, -0.1) is 0 Å². The average molecular weight is 884 g/mol. The number of aromatic nitrogens is 5. The van der Waals surface area contributed by atoms with Gasteiger partial charge in [0, 0.05) is 18.7 Å². The number of likely N-dealkylation sites (tertiary alicyclic amines) is 2. The van der Waals surface area contributed by atoms with Gasteiger partial charge in [0.2, 0.25) is 11.8 Å². The van der Waals surface area contributed by atoms with Gasteiger partial charge in [-0.05, 0) is 109 Å². The molecule has 1 saturated carbocycles. The standard InChI is InChI=1S/C50H61N9O6/c1-28(2)41(55-48(62)64-5)46(60)58-23-9-11-39(58)44-51-27-38(54-44)31-15-13-30(14-16-31)32-17-18-33(35-26-50(25-34(32)35)21-7-8-22-50)36-19-20-37-43(52-36)57-45(53-37)40-12-10-24-59(40)47(61)42(29(3)4)56-49(63)65-6/h13-20,27-29,39-42H,7-12,21-26H2,1-6H3,(H,51,54)(H,55,62)(H,56,63)(H,52,53,57)/t39-,40-,41-,42-/m0/s1. The van der Waals surface area contributed by atoms with E-state index in [1.807, 2.05) is 49.8 Å². The lowest BCUT2D eigenvalue weighted by molar-refractivity contribution is -0.136. The zero-order valence-electron chi connectivity index (χ0n) is 38.3. The van der Waals surface area contributed by atoms with Crippen LogP contribution in [0.4, 0.5) is 9.59 Å². The van der Waals surface area contributed by atoms with Gasteiger partial charge in [-0.25, -0.2) is 24.5 Å². The van der Waals surface area contributed by atoms with Gasteiger partial charge in [-0.1, -0.05) is 76.9 Å². The summed E-state index contributed by atoms with van der Waals surface area (Å²) < 4.78 is 9.62. The van der Waals surface area contributed by atoms with Crippen molar-refractivity contribution in [3.8, 4) is 33.6 Å². The SMILES string of the molecule is COC(=O)N[C@H](C(=O)N1CCC[C@H]1c1ncc(-c2ccc(-c3ccc(-c4ccc5nc([C@@H]6CCCN6C(=O)[C@@H](NC(=O)OC)C(C)C)[nH]c5n4)c4c3CC3(CCCC3)C4)cc2)[nH]1)C(C)C. The largest absolute Gasteiger partial charge is 0.453 e. The van der Waals surface area contributed by atoms with Crippen molar-refractivity contribution in [2.24, 2.45) is 17.3 Å². The monoisotopic (exact) mass is 883 g/mol. The third kappa shape index (κ3) is 8.45. The van der Waals surface area contributed by atoms with E-state index in [2.05, 4.69) is 63.1 Å². The Morgan fingerprint density at radius 3 is 1.82 bits per heavy atom. The second kappa shape index (κ2) is 18.0. The zero-order chi connectivity index (χ0) is 45.6. The molecule has 0 radical (unpaired) electrons. The van der Waals surface area contributed by atoms with Crippen LogP contribution < -0.4 is 10.6 Å². The van der Waals surface area contributed by atoms with Gasteiger partial charge in [0.25, 0.3) is 0 Å². The van der Waals surface area contributed by atoms with Crippen molar-refractivity contribution >= 4 is 35.2 Å². The molecular formula is C50H61N9O6. The van der Waals surface area contributed by atoms with Crippen molar-refractivity contribution in [2.75, 3.05) is 27.3 Å². The van der Waals surface area contributed by atoms with Crippen molar-refractivity contribution in [3.05, 3.63) is 77.5 Å². The number of hydrogen-bond donors (Lipinski definition) is 4. The predicted octanol–water partition coefficient (Wildman–Crippen LogP) is 8.43. The summed E-state index contributed by atoms with van der Waals surface area (Å²) in [5, 5.41) is 5.46. The number of aromatic amines is 2. The highest BCUT2D eigenvalue weighted by Gasteiger charge is 2.43. The Morgan fingerprint density at radius 2 is 1.23 bits per heavy atom. The summed E-state index contributed by atoms with van der Waals surface area (Å²) in [7, 11) is 2.60. The molecule has 2 aliphatic heterocycles. The third-order valence-corrected chi connectivity index (χ3v) is 14.4. The van der Waals surface area contributed by atoms with Gasteiger partial charge >= 0.3 is 12.2 Å². The van der Waals surface area contributed by atoms with Crippen LogP contribution in [0.15, 0.2) is 54.7 Å². The quantitative estimate of drug-likeness (QED) is 0.101. The van der Waals surface area contributed by atoms with Gasteiger partial charge in [0.05, 0.1) is 43.9 Å². The van der Waals surface area contributed by atoms with Crippen LogP contribution in [-0.2, 0) is 31.9 Å². The summed E-state index contributed by atoms with van der Waals surface area (Å²) >= 11 is 0. The Balaban J connectivity index is 0.964. The molecule has 2 saturated heterocycles. The van der Waals surface area contributed by atoms with E-state index in [1.54, 1.807) is 0 Å². The number of carbonyl (C=O) groups excluding carboxylic acids is 4. The first-order valence-corrected chi connectivity index (χ1v) is 23.3. The molecular weight excluding hydrogens is 823 g/mol. The van der Waals surface area contributed by atoms with Crippen LogP contribution in [0.5, 0.6) is 0 Å². The van der Waals surface area contributed by atoms with E-state index in [-0.39, 0.29) is 41.1 Å². The number of carbonyl (C=O) groups is 4. The number of alkyl carbamates (subject to hydrolysis) is 2. The number of nitrogens with one attached hydrogen (secondary N) is 4. The van der Waals surface area contributed by atoms with Gasteiger partial charge < -0.3 is 39.9 Å². The highest BCUT2D eigenvalue weighted by molar-refractivity contribution is 5.88. The lowest BCUT2D eigenvalue weighted by Crippen LogP contribution is -2.51. The van der Waals surface area contributed by atoms with E-state index in [4.69, 9.17) is 24.4 Å². The van der Waals surface area contributed by atoms with E-state index in [9.17, 15) is 19.2 Å². The molecule has 0 bridgehead atoms. The van der Waals surface area contributed by atoms with Crippen LogP contribution >= 0.6 is 0 Å². The highest BCUT2D eigenvalue weighted by Crippen LogP contribution is 2.53. The number of fused-ring (bicyclic) bond motifs is 2. The molecule has 9 rings (SSSR count). The number of rotatable bonds is 11. The average Bonchev–Trinajstić information content (AvgIpc) is 4.17. The minimum Gasteiger partial charge on any atom is -0.453 e. The van der Waals surface area contributed by atoms with Crippen LogP contribution in [0, 0.1) is 17.3 Å². The molecule has 3 fully saturated rings. The highest BCUT2D eigenvalue weighted by atomic mass is 16.5. The topological polar surface area (TPSA) is 188 Å². The van der Waals surface area contributed by atoms with Crippen LogP contribution in [0.2, 0.25) is 0 Å². The minimum absolute atomic E-state index is 0.107. The summed E-state index contributed by atoms with van der Waals surface area (Å²) in [6.45, 7) is 8.84. The normalized spacial score (nSPS) is 19.9. The minimum atomic E-state index is -0.704. The Morgan fingerprint density at radius 1 is 0.677 bits per heavy atom. The Bertz CT molecular complexity index is 2590. The van der Waals surface area contributed by atoms with Crippen molar-refractivity contribution in [1.82, 2.24) is 45.4 Å². The number of ether oxygens (including phenoxy) is 2. The molecule has 4 amide bonds. The summed E-state index contributed by atoms with van der Waals surface area (Å²) in [4.78, 5) is 77.3. The first-order chi connectivity index (χ1) is 31.4. The zero-order valence-corrected chi connectivity index (χ0v) is 38.3. The Kier molecular flexibility index (Phi) is 12.2. The maximum atomic E-state index is 13.8. The number of pyridine rings is 1. The first-order valence-electron chi connectivity index (χ1n) is 23.3. The summed E-state index contributed by atoms with van der Waals surface area (Å²) in [6.07, 6.45) is 10.9. The number of hydrogen-bond acceptors (Lipinski definition) is 9. The number of nitrogens with zero attached hydrogens (tertiary/aromatic N) is 5. The van der Waals surface area contributed by atoms with E-state index in [0.717, 1.165) is 77.9 Å². The lowest BCUT2D eigenvalue weighted by atomic mass is 9.82. The van der Waals surface area contributed by atoms with Crippen LogP contribution in [0.25, 0.3) is 44.8 Å². The van der Waals surface area contributed by atoms with Gasteiger partial charge in [-0.2, -0.15) is 0 Å². The van der Waals surface area contributed by atoms with Crippen molar-refractivity contribution in [2.45, 2.75) is 116 Å². The van der Waals surface area contributed by atoms with Gasteiger partial charge in [-0.3, -0.25) is 9.59 Å².